The molecule has 0 bridgehead atoms. The molecule has 2 rings (SSSR count). The number of halogens is 1. The van der Waals surface area contributed by atoms with E-state index in [4.69, 9.17) is 16.0 Å². The SMILES string of the molecule is CNC(C)c1ccc(-c2ccc([N+](=O)[O-])c(Cl)c2)o1. The number of nitro groups is 1. The zero-order valence-electron chi connectivity index (χ0n) is 10.5. The van der Waals surface area contributed by atoms with E-state index in [1.54, 1.807) is 6.07 Å². The van der Waals surface area contributed by atoms with Gasteiger partial charge in [0, 0.05) is 11.6 Å². The van der Waals surface area contributed by atoms with Crippen LogP contribution < -0.4 is 5.32 Å². The lowest BCUT2D eigenvalue weighted by atomic mass is 10.1. The van der Waals surface area contributed by atoms with Gasteiger partial charge in [-0.05, 0) is 38.2 Å². The van der Waals surface area contributed by atoms with Crippen LogP contribution in [0.25, 0.3) is 11.3 Å². The van der Waals surface area contributed by atoms with Gasteiger partial charge in [-0.15, -0.1) is 0 Å². The maximum absolute atomic E-state index is 10.7. The van der Waals surface area contributed by atoms with Crippen LogP contribution in [0.5, 0.6) is 0 Å². The second-order valence-electron chi connectivity index (χ2n) is 4.14. The van der Waals surface area contributed by atoms with E-state index in [1.165, 1.54) is 12.1 Å². The molecule has 19 heavy (non-hydrogen) atoms. The molecule has 0 fully saturated rings. The molecular weight excluding hydrogens is 268 g/mol. The Balaban J connectivity index is 2.35. The first kappa shape index (κ1) is 13.6. The minimum absolute atomic E-state index is 0.0992. The third kappa shape index (κ3) is 2.77. The monoisotopic (exact) mass is 280 g/mol. The van der Waals surface area contributed by atoms with Crippen molar-refractivity contribution >= 4 is 17.3 Å². The van der Waals surface area contributed by atoms with E-state index in [-0.39, 0.29) is 16.8 Å². The van der Waals surface area contributed by atoms with Gasteiger partial charge in [0.1, 0.15) is 16.5 Å². The Bertz CT molecular complexity index is 610. The lowest BCUT2D eigenvalue weighted by Crippen LogP contribution is -2.10. The first-order chi connectivity index (χ1) is 9.02. The summed E-state index contributed by atoms with van der Waals surface area (Å²) in [6.45, 7) is 1.98. The number of nitrogens with zero attached hydrogens (tertiary/aromatic N) is 1. The summed E-state index contributed by atoms with van der Waals surface area (Å²) in [6.07, 6.45) is 0. The van der Waals surface area contributed by atoms with Crippen molar-refractivity contribution in [2.75, 3.05) is 7.05 Å². The molecule has 0 aliphatic rings. The highest BCUT2D eigenvalue weighted by Gasteiger charge is 2.15. The number of furan rings is 1. The minimum Gasteiger partial charge on any atom is -0.459 e. The van der Waals surface area contributed by atoms with Crippen molar-refractivity contribution < 1.29 is 9.34 Å². The van der Waals surface area contributed by atoms with Gasteiger partial charge in [0.25, 0.3) is 5.69 Å². The van der Waals surface area contributed by atoms with Crippen molar-refractivity contribution in [3.05, 3.63) is 51.2 Å². The molecule has 1 heterocycles. The molecule has 0 saturated carbocycles. The second-order valence-corrected chi connectivity index (χ2v) is 4.54. The van der Waals surface area contributed by atoms with E-state index in [1.807, 2.05) is 26.1 Å². The largest absolute Gasteiger partial charge is 0.459 e. The third-order valence-electron chi connectivity index (χ3n) is 2.92. The van der Waals surface area contributed by atoms with Crippen molar-refractivity contribution in [3.8, 4) is 11.3 Å². The fourth-order valence-corrected chi connectivity index (χ4v) is 1.94. The van der Waals surface area contributed by atoms with Crippen LogP contribution in [-0.2, 0) is 0 Å². The maximum atomic E-state index is 10.7. The van der Waals surface area contributed by atoms with E-state index >= 15 is 0 Å². The van der Waals surface area contributed by atoms with Crippen molar-refractivity contribution in [2.24, 2.45) is 0 Å². The van der Waals surface area contributed by atoms with Gasteiger partial charge < -0.3 is 9.73 Å². The van der Waals surface area contributed by atoms with Crippen LogP contribution in [0.1, 0.15) is 18.7 Å². The van der Waals surface area contributed by atoms with E-state index in [9.17, 15) is 10.1 Å². The quantitative estimate of drug-likeness (QED) is 0.683. The lowest BCUT2D eigenvalue weighted by Gasteiger charge is -2.05. The molecule has 2 aromatic rings. The Morgan fingerprint density at radius 3 is 2.68 bits per heavy atom. The van der Waals surface area contributed by atoms with Crippen molar-refractivity contribution in [2.45, 2.75) is 13.0 Å². The molecule has 0 spiro atoms. The summed E-state index contributed by atoms with van der Waals surface area (Å²) in [5, 5.41) is 13.9. The van der Waals surface area contributed by atoms with E-state index < -0.39 is 4.92 Å². The zero-order chi connectivity index (χ0) is 14.0. The molecule has 0 radical (unpaired) electrons. The van der Waals surface area contributed by atoms with Crippen molar-refractivity contribution in [3.63, 3.8) is 0 Å². The molecule has 6 heteroatoms. The summed E-state index contributed by atoms with van der Waals surface area (Å²) in [6, 6.07) is 8.32. The maximum Gasteiger partial charge on any atom is 0.287 e. The number of rotatable bonds is 4. The summed E-state index contributed by atoms with van der Waals surface area (Å²) in [4.78, 5) is 10.2. The number of nitro benzene ring substituents is 1. The van der Waals surface area contributed by atoms with Gasteiger partial charge in [-0.1, -0.05) is 11.6 Å². The normalized spacial score (nSPS) is 12.4. The predicted octanol–water partition coefficient (Wildman–Crippen LogP) is 3.79. The Morgan fingerprint density at radius 2 is 2.11 bits per heavy atom. The number of benzene rings is 1. The Kier molecular flexibility index (Phi) is 3.87. The van der Waals surface area contributed by atoms with Gasteiger partial charge in [0.15, 0.2) is 0 Å². The number of hydrogen-bond donors (Lipinski definition) is 1. The Morgan fingerprint density at radius 1 is 1.37 bits per heavy atom. The molecule has 1 aromatic carbocycles. The lowest BCUT2D eigenvalue weighted by molar-refractivity contribution is -0.384. The Hall–Kier alpha value is -1.85. The van der Waals surface area contributed by atoms with Gasteiger partial charge >= 0.3 is 0 Å². The summed E-state index contributed by atoms with van der Waals surface area (Å²) in [7, 11) is 1.84. The van der Waals surface area contributed by atoms with Gasteiger partial charge in [0.2, 0.25) is 0 Å². The van der Waals surface area contributed by atoms with Crippen LogP contribution in [0.15, 0.2) is 34.7 Å². The molecule has 5 nitrogen and oxygen atoms in total. The van der Waals surface area contributed by atoms with Gasteiger partial charge in [-0.25, -0.2) is 0 Å². The zero-order valence-corrected chi connectivity index (χ0v) is 11.3. The first-order valence-electron chi connectivity index (χ1n) is 5.74. The molecule has 1 unspecified atom stereocenters. The molecule has 1 N–H and O–H groups in total. The molecule has 0 aliphatic heterocycles. The van der Waals surface area contributed by atoms with Gasteiger partial charge in [0.05, 0.1) is 11.0 Å². The smallest absolute Gasteiger partial charge is 0.287 e. The average molecular weight is 281 g/mol. The fraction of sp³-hybridized carbons (Fsp3) is 0.231. The highest BCUT2D eigenvalue weighted by atomic mass is 35.5. The van der Waals surface area contributed by atoms with Crippen LogP contribution in [0.2, 0.25) is 5.02 Å². The van der Waals surface area contributed by atoms with Gasteiger partial charge in [-0.3, -0.25) is 10.1 Å². The third-order valence-corrected chi connectivity index (χ3v) is 3.22. The highest BCUT2D eigenvalue weighted by molar-refractivity contribution is 6.32. The summed E-state index contributed by atoms with van der Waals surface area (Å²) >= 11 is 5.88. The van der Waals surface area contributed by atoms with E-state index in [0.29, 0.717) is 11.3 Å². The van der Waals surface area contributed by atoms with E-state index in [2.05, 4.69) is 5.32 Å². The summed E-state index contributed by atoms with van der Waals surface area (Å²) in [5.41, 5.74) is 0.603. The Labute approximate surface area is 115 Å². The fourth-order valence-electron chi connectivity index (χ4n) is 1.69. The molecule has 1 aromatic heterocycles. The molecular formula is C13H13ClN2O3. The molecule has 0 aliphatic carbocycles. The molecule has 0 saturated heterocycles. The molecule has 0 amide bonds. The van der Waals surface area contributed by atoms with Crippen molar-refractivity contribution in [1.29, 1.82) is 0 Å². The standard InChI is InChI=1S/C13H13ClN2O3/c1-8(15-2)12-5-6-13(19-12)9-3-4-11(16(17)18)10(14)7-9/h3-8,15H,1-2H3. The van der Waals surface area contributed by atoms with E-state index in [0.717, 1.165) is 5.76 Å². The minimum atomic E-state index is -0.511. The second kappa shape index (κ2) is 5.42. The molecule has 1 atom stereocenters. The van der Waals surface area contributed by atoms with Gasteiger partial charge in [-0.2, -0.15) is 0 Å². The average Bonchev–Trinajstić information content (AvgIpc) is 2.86. The molecule has 100 valence electrons. The van der Waals surface area contributed by atoms with Crippen LogP contribution in [0.4, 0.5) is 5.69 Å². The van der Waals surface area contributed by atoms with Crippen LogP contribution in [0, 0.1) is 10.1 Å². The number of nitrogens with one attached hydrogen (secondary N) is 1. The highest BCUT2D eigenvalue weighted by Crippen LogP contribution is 2.31. The topological polar surface area (TPSA) is 68.3 Å². The summed E-state index contributed by atoms with van der Waals surface area (Å²) < 4.78 is 5.69. The van der Waals surface area contributed by atoms with Crippen LogP contribution in [0.3, 0.4) is 0 Å². The van der Waals surface area contributed by atoms with Crippen LogP contribution in [-0.4, -0.2) is 12.0 Å². The number of hydrogen-bond acceptors (Lipinski definition) is 4. The van der Waals surface area contributed by atoms with Crippen molar-refractivity contribution in [1.82, 2.24) is 5.32 Å². The summed E-state index contributed by atoms with van der Waals surface area (Å²) in [5.74, 6) is 1.43. The van der Waals surface area contributed by atoms with Crippen LogP contribution >= 0.6 is 11.6 Å². The predicted molar refractivity (Wildman–Crippen MR) is 73.3 cm³/mol. The first-order valence-corrected chi connectivity index (χ1v) is 6.12.